The van der Waals surface area contributed by atoms with E-state index >= 15 is 0 Å². The van der Waals surface area contributed by atoms with Gasteiger partial charge in [-0.05, 0) is 24.3 Å². The number of rotatable bonds is 3. The smallest absolute Gasteiger partial charge is 0.339 e. The Morgan fingerprint density at radius 1 is 1.59 bits per heavy atom. The van der Waals surface area contributed by atoms with E-state index in [1.165, 1.54) is 11.3 Å². The molecule has 1 unspecified atom stereocenters. The number of esters is 1. The van der Waals surface area contributed by atoms with Crippen LogP contribution in [0.5, 0.6) is 0 Å². The van der Waals surface area contributed by atoms with Gasteiger partial charge in [0, 0.05) is 11.9 Å². The number of likely N-dealkylation sites (tertiary alicyclic amines) is 1. The number of thiophene rings is 1. The van der Waals surface area contributed by atoms with Gasteiger partial charge in [-0.3, -0.25) is 0 Å². The van der Waals surface area contributed by atoms with Crippen LogP contribution < -0.4 is 5.73 Å². The minimum atomic E-state index is -0.445. The maximum absolute atomic E-state index is 11.6. The van der Waals surface area contributed by atoms with Gasteiger partial charge in [0.25, 0.3) is 0 Å². The zero-order valence-electron chi connectivity index (χ0n) is 9.30. The number of nitrogens with two attached hydrogens (primary N) is 1. The third-order valence-electron chi connectivity index (χ3n) is 2.82. The number of hydrogen-bond donors (Lipinski definition) is 1. The quantitative estimate of drug-likeness (QED) is 0.830. The molecule has 0 spiro atoms. The molecule has 0 aliphatic carbocycles. The molecular formula is C11H14N2O3S. The normalized spacial score (nSPS) is 19.3. The van der Waals surface area contributed by atoms with E-state index in [0.717, 1.165) is 12.8 Å². The molecule has 1 aliphatic rings. The lowest BCUT2D eigenvalue weighted by atomic mass is 10.2. The van der Waals surface area contributed by atoms with Crippen LogP contribution >= 0.6 is 11.3 Å². The molecule has 2 rings (SSSR count). The van der Waals surface area contributed by atoms with Gasteiger partial charge in [-0.2, -0.15) is 11.3 Å². The number of amides is 2. The summed E-state index contributed by atoms with van der Waals surface area (Å²) < 4.78 is 5.17. The van der Waals surface area contributed by atoms with E-state index in [4.69, 9.17) is 10.5 Å². The number of carbonyl (C=O) groups excluding carboxylic acids is 2. The summed E-state index contributed by atoms with van der Waals surface area (Å²) in [6.07, 6.45) is 1.74. The van der Waals surface area contributed by atoms with E-state index in [1.54, 1.807) is 16.3 Å². The summed E-state index contributed by atoms with van der Waals surface area (Å²) in [5, 5.41) is 3.56. The van der Waals surface area contributed by atoms with Crippen LogP contribution in [0.3, 0.4) is 0 Å². The Balaban J connectivity index is 1.86. The van der Waals surface area contributed by atoms with Gasteiger partial charge in [-0.25, -0.2) is 9.59 Å². The summed E-state index contributed by atoms with van der Waals surface area (Å²) in [4.78, 5) is 24.2. The van der Waals surface area contributed by atoms with E-state index in [9.17, 15) is 9.59 Å². The molecule has 0 bridgehead atoms. The van der Waals surface area contributed by atoms with Crippen molar-refractivity contribution in [2.24, 2.45) is 5.73 Å². The standard InChI is InChI=1S/C11H14N2O3S/c12-11(15)13-4-1-2-9(13)6-16-10(14)8-3-5-17-7-8/h3,5,7,9H,1-2,4,6H2,(H2,12,15). The number of nitrogens with zero attached hydrogens (tertiary/aromatic N) is 1. The number of carbonyl (C=O) groups is 2. The molecule has 2 N–H and O–H groups in total. The summed E-state index contributed by atoms with van der Waals surface area (Å²) in [6, 6.07) is 1.20. The van der Waals surface area contributed by atoms with E-state index in [-0.39, 0.29) is 18.6 Å². The minimum absolute atomic E-state index is 0.0740. The molecule has 1 fully saturated rings. The first-order valence-corrected chi connectivity index (χ1v) is 6.38. The molecule has 1 atom stereocenters. The topological polar surface area (TPSA) is 72.6 Å². The Labute approximate surface area is 103 Å². The van der Waals surface area contributed by atoms with Crippen LogP contribution in [0.4, 0.5) is 4.79 Å². The summed E-state index contributed by atoms with van der Waals surface area (Å²) in [5.74, 6) is -0.345. The average Bonchev–Trinajstić information content (AvgIpc) is 2.96. The molecule has 2 amide bonds. The van der Waals surface area contributed by atoms with E-state index in [1.807, 2.05) is 5.38 Å². The van der Waals surface area contributed by atoms with Gasteiger partial charge < -0.3 is 15.4 Å². The van der Waals surface area contributed by atoms with Gasteiger partial charge >= 0.3 is 12.0 Å². The van der Waals surface area contributed by atoms with Crippen molar-refractivity contribution in [2.75, 3.05) is 13.2 Å². The van der Waals surface area contributed by atoms with Gasteiger partial charge in [0.05, 0.1) is 11.6 Å². The maximum atomic E-state index is 11.6. The van der Waals surface area contributed by atoms with Gasteiger partial charge in [-0.1, -0.05) is 0 Å². The molecule has 5 nitrogen and oxygen atoms in total. The molecule has 0 radical (unpaired) electrons. The Morgan fingerprint density at radius 2 is 2.41 bits per heavy atom. The first kappa shape index (κ1) is 11.9. The second-order valence-electron chi connectivity index (χ2n) is 3.94. The molecular weight excluding hydrogens is 240 g/mol. The largest absolute Gasteiger partial charge is 0.460 e. The maximum Gasteiger partial charge on any atom is 0.339 e. The van der Waals surface area contributed by atoms with Gasteiger partial charge in [-0.15, -0.1) is 0 Å². The summed E-state index contributed by atoms with van der Waals surface area (Å²) in [6.45, 7) is 0.869. The second kappa shape index (κ2) is 5.18. The van der Waals surface area contributed by atoms with Crippen molar-refractivity contribution < 1.29 is 14.3 Å². The molecule has 1 aromatic rings. The lowest BCUT2D eigenvalue weighted by molar-refractivity contribution is 0.0423. The predicted octanol–water partition coefficient (Wildman–Crippen LogP) is 1.45. The monoisotopic (exact) mass is 254 g/mol. The summed E-state index contributed by atoms with van der Waals surface area (Å²) in [7, 11) is 0. The lowest BCUT2D eigenvalue weighted by Gasteiger charge is -2.21. The highest BCUT2D eigenvalue weighted by Crippen LogP contribution is 2.17. The molecule has 1 aliphatic heterocycles. The molecule has 0 saturated carbocycles. The Morgan fingerprint density at radius 3 is 3.06 bits per heavy atom. The highest BCUT2D eigenvalue weighted by Gasteiger charge is 2.28. The van der Waals surface area contributed by atoms with Gasteiger partial charge in [0.1, 0.15) is 6.61 Å². The molecule has 2 heterocycles. The van der Waals surface area contributed by atoms with Crippen LogP contribution in [-0.4, -0.2) is 36.1 Å². The number of ether oxygens (including phenoxy) is 1. The van der Waals surface area contributed by atoms with Crippen LogP contribution in [0.2, 0.25) is 0 Å². The third-order valence-corrected chi connectivity index (χ3v) is 3.51. The predicted molar refractivity (Wildman–Crippen MR) is 63.9 cm³/mol. The van der Waals surface area contributed by atoms with Crippen molar-refractivity contribution in [2.45, 2.75) is 18.9 Å². The van der Waals surface area contributed by atoms with Crippen LogP contribution in [0.15, 0.2) is 16.8 Å². The first-order valence-electron chi connectivity index (χ1n) is 5.44. The fourth-order valence-corrected chi connectivity index (χ4v) is 2.56. The van der Waals surface area contributed by atoms with Crippen LogP contribution in [0.1, 0.15) is 23.2 Å². The van der Waals surface area contributed by atoms with Gasteiger partial charge in [0.2, 0.25) is 0 Å². The second-order valence-corrected chi connectivity index (χ2v) is 4.72. The average molecular weight is 254 g/mol. The molecule has 92 valence electrons. The summed E-state index contributed by atoms with van der Waals surface area (Å²) in [5.41, 5.74) is 5.79. The van der Waals surface area contributed by atoms with Crippen molar-refractivity contribution in [3.05, 3.63) is 22.4 Å². The van der Waals surface area contributed by atoms with E-state index < -0.39 is 6.03 Å². The zero-order chi connectivity index (χ0) is 12.3. The Bertz CT molecular complexity index is 405. The molecule has 0 aromatic carbocycles. The number of hydrogen-bond acceptors (Lipinski definition) is 4. The van der Waals surface area contributed by atoms with Crippen molar-refractivity contribution >= 4 is 23.3 Å². The Hall–Kier alpha value is -1.56. The van der Waals surface area contributed by atoms with Crippen molar-refractivity contribution in [3.63, 3.8) is 0 Å². The number of urea groups is 1. The van der Waals surface area contributed by atoms with Crippen molar-refractivity contribution in [1.29, 1.82) is 0 Å². The van der Waals surface area contributed by atoms with Crippen molar-refractivity contribution in [1.82, 2.24) is 4.90 Å². The van der Waals surface area contributed by atoms with Crippen LogP contribution in [0.25, 0.3) is 0 Å². The fourth-order valence-electron chi connectivity index (χ4n) is 1.93. The Kier molecular flexibility index (Phi) is 3.63. The zero-order valence-corrected chi connectivity index (χ0v) is 10.1. The highest BCUT2D eigenvalue weighted by molar-refractivity contribution is 7.08. The van der Waals surface area contributed by atoms with E-state index in [0.29, 0.717) is 12.1 Å². The van der Waals surface area contributed by atoms with E-state index in [2.05, 4.69) is 0 Å². The number of primary amides is 1. The molecule has 6 heteroatoms. The lowest BCUT2D eigenvalue weighted by Crippen LogP contribution is -2.41. The SMILES string of the molecule is NC(=O)N1CCCC1COC(=O)c1ccsc1. The highest BCUT2D eigenvalue weighted by atomic mass is 32.1. The molecule has 17 heavy (non-hydrogen) atoms. The van der Waals surface area contributed by atoms with Crippen molar-refractivity contribution in [3.8, 4) is 0 Å². The molecule has 1 aromatic heterocycles. The minimum Gasteiger partial charge on any atom is -0.460 e. The molecule has 1 saturated heterocycles. The summed E-state index contributed by atoms with van der Waals surface area (Å²) >= 11 is 1.45. The van der Waals surface area contributed by atoms with Crippen LogP contribution in [0, 0.1) is 0 Å². The fraction of sp³-hybridized carbons (Fsp3) is 0.455. The van der Waals surface area contributed by atoms with Crippen LogP contribution in [-0.2, 0) is 4.74 Å². The van der Waals surface area contributed by atoms with Gasteiger partial charge in [0.15, 0.2) is 0 Å². The first-order chi connectivity index (χ1) is 8.18. The third kappa shape index (κ3) is 2.76.